The average Bonchev–Trinajstić information content (AvgIpc) is 3.10. The first-order chi connectivity index (χ1) is 11.6. The fraction of sp³-hybridized carbons (Fsp3) is 0.474. The summed E-state index contributed by atoms with van der Waals surface area (Å²) in [5.74, 6) is 0.709. The van der Waals surface area contributed by atoms with Crippen molar-refractivity contribution >= 4 is 22.9 Å². The fourth-order valence-corrected chi connectivity index (χ4v) is 3.89. The van der Waals surface area contributed by atoms with Crippen molar-refractivity contribution in [2.24, 2.45) is 0 Å². The number of nitrogens with zero attached hydrogens (tertiary/aromatic N) is 3. The number of anilines is 1. The largest absolute Gasteiger partial charge is 0.368 e. The van der Waals surface area contributed by atoms with E-state index in [0.717, 1.165) is 43.3 Å². The lowest BCUT2D eigenvalue weighted by atomic mass is 10.2. The monoisotopic (exact) mass is 343 g/mol. The Labute approximate surface area is 148 Å². The van der Waals surface area contributed by atoms with E-state index >= 15 is 0 Å². The maximum Gasteiger partial charge on any atom is 0.223 e. The number of hydrogen-bond donors (Lipinski definition) is 0. The van der Waals surface area contributed by atoms with Crippen molar-refractivity contribution in [1.29, 1.82) is 0 Å². The number of benzene rings is 1. The van der Waals surface area contributed by atoms with Gasteiger partial charge in [0.1, 0.15) is 0 Å². The van der Waals surface area contributed by atoms with E-state index in [1.165, 1.54) is 5.69 Å². The fourth-order valence-electron chi connectivity index (χ4n) is 2.93. The Kier molecular flexibility index (Phi) is 5.51. The van der Waals surface area contributed by atoms with Gasteiger partial charge in [0.05, 0.1) is 10.7 Å². The quantitative estimate of drug-likeness (QED) is 0.833. The third-order valence-electron chi connectivity index (χ3n) is 4.47. The normalized spacial score (nSPS) is 15.1. The van der Waals surface area contributed by atoms with Crippen LogP contribution in [-0.2, 0) is 11.2 Å². The molecular weight excluding hydrogens is 318 g/mol. The number of carbonyl (C=O) groups excluding carboxylic acids is 1. The molecule has 4 nitrogen and oxygen atoms in total. The zero-order chi connectivity index (χ0) is 16.9. The lowest BCUT2D eigenvalue weighted by molar-refractivity contribution is -0.131. The van der Waals surface area contributed by atoms with Crippen LogP contribution >= 0.6 is 11.3 Å². The van der Waals surface area contributed by atoms with Gasteiger partial charge in [-0.15, -0.1) is 11.3 Å². The van der Waals surface area contributed by atoms with Crippen molar-refractivity contribution < 1.29 is 4.79 Å². The number of hydrogen-bond acceptors (Lipinski definition) is 4. The molecule has 1 aliphatic heterocycles. The Bertz CT molecular complexity index is 660. The van der Waals surface area contributed by atoms with Gasteiger partial charge in [0.2, 0.25) is 5.91 Å². The predicted octanol–water partition coefficient (Wildman–Crippen LogP) is 3.55. The molecular formula is C19H25N3OS. The molecule has 1 saturated heterocycles. The highest BCUT2D eigenvalue weighted by Gasteiger charge is 2.21. The zero-order valence-electron chi connectivity index (χ0n) is 14.4. The van der Waals surface area contributed by atoms with E-state index < -0.39 is 0 Å². The van der Waals surface area contributed by atoms with Crippen molar-refractivity contribution in [2.75, 3.05) is 31.1 Å². The molecule has 0 aliphatic carbocycles. The summed E-state index contributed by atoms with van der Waals surface area (Å²) >= 11 is 1.67. The molecule has 2 heterocycles. The van der Waals surface area contributed by atoms with Crippen LogP contribution in [0.3, 0.4) is 0 Å². The Morgan fingerprint density at radius 2 is 1.88 bits per heavy atom. The first-order valence-corrected chi connectivity index (χ1v) is 9.53. The van der Waals surface area contributed by atoms with E-state index in [2.05, 4.69) is 53.4 Å². The molecule has 24 heavy (non-hydrogen) atoms. The van der Waals surface area contributed by atoms with Crippen molar-refractivity contribution in [3.05, 3.63) is 46.4 Å². The topological polar surface area (TPSA) is 36.4 Å². The van der Waals surface area contributed by atoms with Crippen LogP contribution in [0.15, 0.2) is 35.7 Å². The third-order valence-corrected chi connectivity index (χ3v) is 5.39. The molecule has 1 fully saturated rings. The summed E-state index contributed by atoms with van der Waals surface area (Å²) in [6.45, 7) is 7.73. The van der Waals surface area contributed by atoms with Crippen LogP contribution in [0.4, 0.5) is 5.69 Å². The molecule has 0 unspecified atom stereocenters. The van der Waals surface area contributed by atoms with Crippen LogP contribution in [-0.4, -0.2) is 42.0 Å². The van der Waals surface area contributed by atoms with Crippen LogP contribution in [0.25, 0.3) is 0 Å². The van der Waals surface area contributed by atoms with Gasteiger partial charge in [0.25, 0.3) is 0 Å². The number of thiazole rings is 1. The van der Waals surface area contributed by atoms with Gasteiger partial charge in [-0.2, -0.15) is 0 Å². The van der Waals surface area contributed by atoms with E-state index in [1.54, 1.807) is 11.3 Å². The Balaban J connectivity index is 1.46. The number of amides is 1. The molecule has 1 aromatic heterocycles. The lowest BCUT2D eigenvalue weighted by Crippen LogP contribution is -2.48. The summed E-state index contributed by atoms with van der Waals surface area (Å²) in [4.78, 5) is 21.4. The lowest BCUT2D eigenvalue weighted by Gasteiger charge is -2.36. The van der Waals surface area contributed by atoms with Crippen LogP contribution in [0.2, 0.25) is 0 Å². The Morgan fingerprint density at radius 1 is 1.17 bits per heavy atom. The van der Waals surface area contributed by atoms with Crippen molar-refractivity contribution in [2.45, 2.75) is 32.6 Å². The second kappa shape index (κ2) is 7.79. The van der Waals surface area contributed by atoms with Crippen LogP contribution in [0.1, 0.15) is 36.9 Å². The zero-order valence-corrected chi connectivity index (χ0v) is 15.3. The summed E-state index contributed by atoms with van der Waals surface area (Å²) in [5.41, 5.74) is 2.38. The second-order valence-corrected chi connectivity index (χ2v) is 7.47. The molecule has 0 radical (unpaired) electrons. The molecule has 1 aliphatic rings. The smallest absolute Gasteiger partial charge is 0.223 e. The van der Waals surface area contributed by atoms with Gasteiger partial charge in [-0.25, -0.2) is 4.98 Å². The number of carbonyl (C=O) groups is 1. The third kappa shape index (κ3) is 4.15. The first-order valence-electron chi connectivity index (χ1n) is 8.65. The molecule has 0 bridgehead atoms. The SMILES string of the molecule is CC(C)c1csc(CCC(=O)N2CCN(c3ccccc3)CC2)n1. The van der Waals surface area contributed by atoms with Gasteiger partial charge < -0.3 is 9.80 Å². The maximum absolute atomic E-state index is 12.4. The molecule has 1 aromatic carbocycles. The average molecular weight is 343 g/mol. The Morgan fingerprint density at radius 3 is 2.50 bits per heavy atom. The number of aryl methyl sites for hydroxylation is 1. The molecule has 128 valence electrons. The van der Waals surface area contributed by atoms with E-state index in [4.69, 9.17) is 0 Å². The number of aromatic nitrogens is 1. The van der Waals surface area contributed by atoms with Crippen molar-refractivity contribution in [3.63, 3.8) is 0 Å². The predicted molar refractivity (Wildman–Crippen MR) is 99.8 cm³/mol. The highest BCUT2D eigenvalue weighted by atomic mass is 32.1. The Hall–Kier alpha value is -1.88. The van der Waals surface area contributed by atoms with Gasteiger partial charge in [-0.1, -0.05) is 32.0 Å². The van der Waals surface area contributed by atoms with Crippen LogP contribution in [0.5, 0.6) is 0 Å². The van der Waals surface area contributed by atoms with E-state index in [0.29, 0.717) is 12.3 Å². The molecule has 5 heteroatoms. The number of rotatable bonds is 5. The van der Waals surface area contributed by atoms with Crippen molar-refractivity contribution in [1.82, 2.24) is 9.88 Å². The van der Waals surface area contributed by atoms with Gasteiger partial charge in [-0.05, 0) is 18.1 Å². The minimum absolute atomic E-state index is 0.254. The van der Waals surface area contributed by atoms with Gasteiger partial charge in [-0.3, -0.25) is 4.79 Å². The molecule has 3 rings (SSSR count). The second-order valence-electron chi connectivity index (χ2n) is 6.52. The first kappa shape index (κ1) is 17.0. The molecule has 0 saturated carbocycles. The van der Waals surface area contributed by atoms with E-state index in [9.17, 15) is 4.79 Å². The standard InChI is InChI=1S/C19H25N3OS/c1-15(2)17-14-24-18(20-17)8-9-19(23)22-12-10-21(11-13-22)16-6-4-3-5-7-16/h3-7,14-15H,8-13H2,1-2H3. The summed E-state index contributed by atoms with van der Waals surface area (Å²) < 4.78 is 0. The summed E-state index contributed by atoms with van der Waals surface area (Å²) in [5, 5.41) is 3.19. The highest BCUT2D eigenvalue weighted by molar-refractivity contribution is 7.09. The van der Waals surface area contributed by atoms with Gasteiger partial charge >= 0.3 is 0 Å². The number of para-hydroxylation sites is 1. The maximum atomic E-state index is 12.4. The number of piperazine rings is 1. The van der Waals surface area contributed by atoms with E-state index in [-0.39, 0.29) is 5.91 Å². The highest BCUT2D eigenvalue weighted by Crippen LogP contribution is 2.20. The van der Waals surface area contributed by atoms with Gasteiger partial charge in [0, 0.05) is 50.1 Å². The molecule has 0 atom stereocenters. The minimum Gasteiger partial charge on any atom is -0.368 e. The summed E-state index contributed by atoms with van der Waals surface area (Å²) in [6, 6.07) is 10.4. The summed E-state index contributed by atoms with van der Waals surface area (Å²) in [7, 11) is 0. The van der Waals surface area contributed by atoms with Gasteiger partial charge in [0.15, 0.2) is 0 Å². The van der Waals surface area contributed by atoms with Crippen LogP contribution < -0.4 is 4.90 Å². The minimum atomic E-state index is 0.254. The van der Waals surface area contributed by atoms with E-state index in [1.807, 2.05) is 11.0 Å². The molecule has 0 N–H and O–H groups in total. The molecule has 1 amide bonds. The molecule has 0 spiro atoms. The van der Waals surface area contributed by atoms with Crippen LogP contribution in [0, 0.1) is 0 Å². The summed E-state index contributed by atoms with van der Waals surface area (Å²) in [6.07, 6.45) is 1.32. The molecule has 2 aromatic rings. The van der Waals surface area contributed by atoms with Crippen molar-refractivity contribution in [3.8, 4) is 0 Å².